The second-order valence-electron chi connectivity index (χ2n) is 5.20. The predicted octanol–water partition coefficient (Wildman–Crippen LogP) is 8.26. The zero-order valence-electron chi connectivity index (χ0n) is 14.0. The van der Waals surface area contributed by atoms with Crippen LogP contribution in [0.4, 0.5) is 25.1 Å². The summed E-state index contributed by atoms with van der Waals surface area (Å²) in [6.45, 7) is 3.54. The minimum absolute atomic E-state index is 0.0761. The fourth-order valence-corrected chi connectivity index (χ4v) is 5.18. The molecule has 0 unspecified atom stereocenters. The van der Waals surface area contributed by atoms with Crippen molar-refractivity contribution in [3.8, 4) is 5.75 Å². The molecule has 0 atom stereocenters. The Bertz CT molecular complexity index is 898. The molecule has 0 aromatic heterocycles. The highest BCUT2D eigenvalue weighted by Crippen LogP contribution is 2.54. The van der Waals surface area contributed by atoms with Crippen molar-refractivity contribution >= 4 is 72.3 Å². The molecule has 29 heavy (non-hydrogen) atoms. The molecule has 0 aliphatic rings. The van der Waals surface area contributed by atoms with E-state index in [0.717, 1.165) is 6.07 Å². The van der Waals surface area contributed by atoms with Crippen LogP contribution in [0.15, 0.2) is 55.3 Å². The molecule has 0 heterocycles. The number of allylic oxidation sites excluding steroid dienone is 1. The molecule has 156 valence electrons. The molecule has 1 amide bonds. The van der Waals surface area contributed by atoms with Crippen LogP contribution in [0.25, 0.3) is 0 Å². The maximum absolute atomic E-state index is 13.5. The quantitative estimate of drug-likeness (QED) is 0.264. The Labute approximate surface area is 185 Å². The average molecular weight is 504 g/mol. The summed E-state index contributed by atoms with van der Waals surface area (Å²) < 4.78 is 67.0. The van der Waals surface area contributed by atoms with Crippen molar-refractivity contribution in [3.63, 3.8) is 0 Å². The number of carbonyl (C=O) groups is 1. The van der Waals surface area contributed by atoms with E-state index < -0.39 is 96.8 Å². The van der Waals surface area contributed by atoms with Gasteiger partial charge < -0.3 is 10.4 Å². The minimum Gasteiger partial charge on any atom is -0.508 e. The molecule has 0 saturated carbocycles. The Hall–Kier alpha value is -1.15. The van der Waals surface area contributed by atoms with Crippen LogP contribution >= 0.6 is 60.7 Å². The van der Waals surface area contributed by atoms with E-state index in [9.17, 15) is 29.3 Å². The summed E-state index contributed by atoms with van der Waals surface area (Å²) in [6.07, 6.45) is 1.89. The number of benzene rings is 2. The molecule has 0 radical (unpaired) electrons. The number of phenolic OH excluding ortho intramolecular Hbond substituents is 1. The summed E-state index contributed by atoms with van der Waals surface area (Å²) in [5, 5.41) is 12.2. The SMILES string of the molecule is C=CCc1ccc(C(=O)Nc2c(SF)c(SF)c(SF)c(SF)c2SF)cc1O. The lowest BCUT2D eigenvalue weighted by atomic mass is 10.1. The number of halogens is 5. The van der Waals surface area contributed by atoms with Gasteiger partial charge in [0.25, 0.3) is 5.91 Å². The van der Waals surface area contributed by atoms with E-state index in [2.05, 4.69) is 11.9 Å². The van der Waals surface area contributed by atoms with Gasteiger partial charge in [0.05, 0.1) is 90.9 Å². The van der Waals surface area contributed by atoms with Gasteiger partial charge in [0.1, 0.15) is 5.75 Å². The summed E-state index contributed by atoms with van der Waals surface area (Å²) in [7, 11) is 0. The van der Waals surface area contributed by atoms with Crippen LogP contribution in [0.5, 0.6) is 5.75 Å². The molecule has 3 nitrogen and oxygen atoms in total. The maximum Gasteiger partial charge on any atom is 0.255 e. The molecule has 0 saturated heterocycles. The lowest BCUT2D eigenvalue weighted by Gasteiger charge is -2.18. The molecule has 2 aromatic carbocycles. The highest BCUT2D eigenvalue weighted by molar-refractivity contribution is 8.00. The van der Waals surface area contributed by atoms with Crippen LogP contribution in [0.1, 0.15) is 15.9 Å². The van der Waals surface area contributed by atoms with Gasteiger partial charge in [-0.2, -0.15) is 19.4 Å². The Kier molecular flexibility index (Phi) is 9.40. The zero-order chi connectivity index (χ0) is 21.6. The second kappa shape index (κ2) is 11.3. The maximum atomic E-state index is 13.5. The number of carbonyl (C=O) groups excluding carboxylic acids is 1. The predicted molar refractivity (Wildman–Crippen MR) is 111 cm³/mol. The van der Waals surface area contributed by atoms with Crippen molar-refractivity contribution in [2.45, 2.75) is 30.9 Å². The highest BCUT2D eigenvalue weighted by atomic mass is 32.2. The monoisotopic (exact) mass is 503 g/mol. The number of amides is 1. The third kappa shape index (κ3) is 5.13. The lowest BCUT2D eigenvalue weighted by Crippen LogP contribution is -2.14. The third-order valence-electron chi connectivity index (χ3n) is 3.62. The average Bonchev–Trinajstić information content (AvgIpc) is 2.73. The fourth-order valence-electron chi connectivity index (χ4n) is 2.33. The number of nitrogens with one attached hydrogen (secondary N) is 1. The first-order chi connectivity index (χ1) is 14.0. The molecular formula is C16H10F5NO2S5. The Balaban J connectivity index is 2.57. The molecule has 0 spiro atoms. The molecule has 0 bridgehead atoms. The van der Waals surface area contributed by atoms with Crippen LogP contribution in [-0.2, 0) is 6.42 Å². The van der Waals surface area contributed by atoms with Gasteiger partial charge in [-0.1, -0.05) is 12.1 Å². The number of phenols is 1. The summed E-state index contributed by atoms with van der Waals surface area (Å²) in [6, 6.07) is 3.93. The van der Waals surface area contributed by atoms with E-state index in [1.54, 1.807) is 6.08 Å². The largest absolute Gasteiger partial charge is 0.508 e. The van der Waals surface area contributed by atoms with Gasteiger partial charge in [0.15, 0.2) is 0 Å². The summed E-state index contributed by atoms with van der Waals surface area (Å²) in [4.78, 5) is 9.39. The summed E-state index contributed by atoms with van der Waals surface area (Å²) >= 11 is -2.81. The normalized spacial score (nSPS) is 10.8. The van der Waals surface area contributed by atoms with Gasteiger partial charge in [-0.25, -0.2) is 0 Å². The topological polar surface area (TPSA) is 49.3 Å². The van der Waals surface area contributed by atoms with Gasteiger partial charge in [-0.3, -0.25) is 4.79 Å². The molecule has 2 N–H and O–H groups in total. The standard InChI is InChI=1S/C16H10F5NO2S5/c1-2-3-7-4-5-8(6-9(7)23)16(24)22-10-11(25-17)13(27-19)15(29-21)14(28-20)12(10)26-18/h2,4-6,23H,1,3H2,(H,22,24). The van der Waals surface area contributed by atoms with Gasteiger partial charge in [-0.15, -0.1) is 6.58 Å². The van der Waals surface area contributed by atoms with E-state index in [-0.39, 0.29) is 11.3 Å². The third-order valence-corrected chi connectivity index (χ3v) is 6.94. The van der Waals surface area contributed by atoms with Crippen LogP contribution in [0.2, 0.25) is 0 Å². The molecule has 2 aromatic rings. The van der Waals surface area contributed by atoms with Crippen molar-refractivity contribution < 1.29 is 29.3 Å². The van der Waals surface area contributed by atoms with Crippen LogP contribution < -0.4 is 5.32 Å². The van der Waals surface area contributed by atoms with Crippen molar-refractivity contribution in [2.75, 3.05) is 5.32 Å². The number of rotatable bonds is 9. The Morgan fingerprint density at radius 2 is 1.41 bits per heavy atom. The Morgan fingerprint density at radius 1 is 0.931 bits per heavy atom. The van der Waals surface area contributed by atoms with Crippen LogP contribution in [0, 0.1) is 0 Å². The van der Waals surface area contributed by atoms with Gasteiger partial charge in [-0.05, 0) is 24.1 Å². The van der Waals surface area contributed by atoms with Gasteiger partial charge >= 0.3 is 0 Å². The number of hydrogen-bond acceptors (Lipinski definition) is 7. The zero-order valence-corrected chi connectivity index (χ0v) is 18.1. The summed E-state index contributed by atoms with van der Waals surface area (Å²) in [5.74, 6) is -1.11. The van der Waals surface area contributed by atoms with Gasteiger partial charge in [0, 0.05) is 5.56 Å². The first-order valence-corrected chi connectivity index (χ1v) is 11.0. The minimum atomic E-state index is -0.902. The van der Waals surface area contributed by atoms with Crippen molar-refractivity contribution in [3.05, 3.63) is 42.0 Å². The van der Waals surface area contributed by atoms with Gasteiger partial charge in [0.2, 0.25) is 0 Å². The molecule has 0 aliphatic heterocycles. The van der Waals surface area contributed by atoms with Crippen LogP contribution in [0.3, 0.4) is 0 Å². The fraction of sp³-hybridized carbons (Fsp3) is 0.0625. The van der Waals surface area contributed by atoms with E-state index in [0.29, 0.717) is 12.0 Å². The molecule has 13 heteroatoms. The Morgan fingerprint density at radius 3 is 1.83 bits per heavy atom. The van der Waals surface area contributed by atoms with E-state index >= 15 is 0 Å². The van der Waals surface area contributed by atoms with Crippen molar-refractivity contribution in [1.29, 1.82) is 0 Å². The molecular weight excluding hydrogens is 494 g/mol. The lowest BCUT2D eigenvalue weighted by molar-refractivity contribution is 0.102. The molecule has 0 aliphatic carbocycles. The first-order valence-electron chi connectivity index (χ1n) is 7.38. The number of anilines is 1. The number of aromatic hydroxyl groups is 1. The molecule has 2 rings (SSSR count). The van der Waals surface area contributed by atoms with Crippen molar-refractivity contribution in [2.24, 2.45) is 0 Å². The second-order valence-corrected chi connectivity index (χ2v) is 8.01. The van der Waals surface area contributed by atoms with E-state index in [4.69, 9.17) is 0 Å². The van der Waals surface area contributed by atoms with Crippen molar-refractivity contribution in [1.82, 2.24) is 0 Å². The van der Waals surface area contributed by atoms with E-state index in [1.807, 2.05) is 0 Å². The smallest absolute Gasteiger partial charge is 0.255 e. The molecule has 0 fully saturated rings. The highest BCUT2D eigenvalue weighted by Gasteiger charge is 2.29. The van der Waals surface area contributed by atoms with Crippen LogP contribution in [-0.4, -0.2) is 11.0 Å². The summed E-state index contributed by atoms with van der Waals surface area (Å²) in [5.41, 5.74) is -0.136. The van der Waals surface area contributed by atoms with E-state index in [1.165, 1.54) is 12.1 Å². The number of hydrogen-bond donors (Lipinski definition) is 2. The first kappa shape index (κ1) is 24.1.